The van der Waals surface area contributed by atoms with Crippen molar-refractivity contribution in [3.8, 4) is 11.5 Å². The summed E-state index contributed by atoms with van der Waals surface area (Å²) < 4.78 is 0. The molecule has 2 atom stereocenters. The van der Waals surface area contributed by atoms with Crippen molar-refractivity contribution in [3.63, 3.8) is 0 Å². The van der Waals surface area contributed by atoms with Gasteiger partial charge in [-0.25, -0.2) is 0 Å². The monoisotopic (exact) mass is 572 g/mol. The molecule has 0 spiro atoms. The summed E-state index contributed by atoms with van der Waals surface area (Å²) in [7, 11) is 0. The second kappa shape index (κ2) is 13.4. The van der Waals surface area contributed by atoms with E-state index in [2.05, 4.69) is 86.6 Å². The van der Waals surface area contributed by atoms with E-state index >= 15 is 0 Å². The normalized spacial score (nSPS) is 17.9. The largest absolute Gasteiger partial charge is 0.508 e. The second-order valence-corrected chi connectivity index (χ2v) is 13.3. The minimum Gasteiger partial charge on any atom is -0.508 e. The molecule has 0 saturated heterocycles. The SMILES string of the molecule is CC(c1ccccc1)c1c(O)ccc(Cc2ccc(O)c(C(C)c3ccccc3)c2C2CCCCC2)c1C1CCCCC1. The summed E-state index contributed by atoms with van der Waals surface area (Å²) in [5.74, 6) is 2.02. The van der Waals surface area contributed by atoms with Crippen molar-refractivity contribution in [2.24, 2.45) is 0 Å². The number of phenols is 2. The van der Waals surface area contributed by atoms with Gasteiger partial charge in [-0.05, 0) is 89.5 Å². The fourth-order valence-electron chi connectivity index (χ4n) is 8.33. The molecule has 4 aromatic rings. The first-order chi connectivity index (χ1) is 21.0. The Hall–Kier alpha value is -3.52. The van der Waals surface area contributed by atoms with Crippen LogP contribution in [-0.4, -0.2) is 10.2 Å². The average molecular weight is 573 g/mol. The minimum atomic E-state index is 0.115. The van der Waals surface area contributed by atoms with E-state index in [0.717, 1.165) is 17.5 Å². The molecule has 2 N–H and O–H groups in total. The number of benzene rings is 4. The lowest BCUT2D eigenvalue weighted by atomic mass is 9.73. The molecule has 224 valence electrons. The van der Waals surface area contributed by atoms with Gasteiger partial charge >= 0.3 is 0 Å². The van der Waals surface area contributed by atoms with Gasteiger partial charge in [-0.1, -0.05) is 125 Å². The summed E-state index contributed by atoms with van der Waals surface area (Å²) in [6.07, 6.45) is 13.2. The van der Waals surface area contributed by atoms with Crippen LogP contribution in [0.2, 0.25) is 0 Å². The van der Waals surface area contributed by atoms with E-state index in [0.29, 0.717) is 23.3 Å². The first-order valence-corrected chi connectivity index (χ1v) is 16.8. The number of rotatable bonds is 8. The van der Waals surface area contributed by atoms with Gasteiger partial charge in [0, 0.05) is 23.0 Å². The first-order valence-electron chi connectivity index (χ1n) is 16.8. The van der Waals surface area contributed by atoms with Crippen molar-refractivity contribution in [2.45, 2.75) is 108 Å². The zero-order valence-corrected chi connectivity index (χ0v) is 26.1. The highest BCUT2D eigenvalue weighted by molar-refractivity contribution is 5.56. The van der Waals surface area contributed by atoms with Gasteiger partial charge in [-0.3, -0.25) is 0 Å². The lowest BCUT2D eigenvalue weighted by molar-refractivity contribution is 0.427. The summed E-state index contributed by atoms with van der Waals surface area (Å²) in [6.45, 7) is 4.52. The van der Waals surface area contributed by atoms with Crippen LogP contribution in [0.5, 0.6) is 11.5 Å². The molecule has 2 fully saturated rings. The molecular formula is C41H48O2. The summed E-state index contributed by atoms with van der Waals surface area (Å²) in [6, 6.07) is 29.7. The van der Waals surface area contributed by atoms with E-state index in [1.54, 1.807) is 0 Å². The van der Waals surface area contributed by atoms with Crippen LogP contribution in [0.25, 0.3) is 0 Å². The third-order valence-corrected chi connectivity index (χ3v) is 10.6. The molecule has 0 bridgehead atoms. The lowest BCUT2D eigenvalue weighted by Crippen LogP contribution is -2.16. The molecule has 0 heterocycles. The van der Waals surface area contributed by atoms with E-state index in [9.17, 15) is 10.2 Å². The van der Waals surface area contributed by atoms with Gasteiger partial charge in [-0.15, -0.1) is 0 Å². The number of aromatic hydroxyl groups is 2. The van der Waals surface area contributed by atoms with Gasteiger partial charge in [0.15, 0.2) is 0 Å². The molecule has 2 saturated carbocycles. The van der Waals surface area contributed by atoms with Crippen molar-refractivity contribution in [2.75, 3.05) is 0 Å². The molecule has 2 heteroatoms. The van der Waals surface area contributed by atoms with Crippen LogP contribution >= 0.6 is 0 Å². The quantitative estimate of drug-likeness (QED) is 0.220. The predicted octanol–water partition coefficient (Wildman–Crippen LogP) is 11.1. The molecule has 0 amide bonds. The maximum atomic E-state index is 11.4. The third-order valence-electron chi connectivity index (χ3n) is 10.6. The highest BCUT2D eigenvalue weighted by Crippen LogP contribution is 2.47. The Morgan fingerprint density at radius 2 is 0.884 bits per heavy atom. The fourth-order valence-corrected chi connectivity index (χ4v) is 8.33. The lowest BCUT2D eigenvalue weighted by Gasteiger charge is -2.32. The van der Waals surface area contributed by atoms with Crippen LogP contribution < -0.4 is 0 Å². The predicted molar refractivity (Wildman–Crippen MR) is 179 cm³/mol. The standard InChI is InChI=1S/C41H48O2/c1-28(30-15-7-3-8-16-30)38-36(42)25-23-34(40(38)32-19-11-5-12-20-32)27-35-24-26-37(43)39(29(2)31-17-9-4-10-18-31)41(35)33-21-13-6-14-22-33/h3-4,7-10,15-18,23-26,28-29,32-33,42-43H,5-6,11-14,19-22,27H2,1-2H3. The van der Waals surface area contributed by atoms with Crippen LogP contribution in [0.1, 0.15) is 146 Å². The Morgan fingerprint density at radius 3 is 1.26 bits per heavy atom. The number of hydrogen-bond acceptors (Lipinski definition) is 2. The molecule has 6 rings (SSSR count). The average Bonchev–Trinajstić information content (AvgIpc) is 3.07. The molecule has 2 aliphatic rings. The molecule has 0 aromatic heterocycles. The van der Waals surface area contributed by atoms with E-state index in [1.807, 2.05) is 12.1 Å². The fraction of sp³-hybridized carbons (Fsp3) is 0.415. The van der Waals surface area contributed by atoms with Crippen molar-refractivity contribution in [1.82, 2.24) is 0 Å². The van der Waals surface area contributed by atoms with Gasteiger partial charge in [0.25, 0.3) is 0 Å². The summed E-state index contributed by atoms with van der Waals surface area (Å²) in [4.78, 5) is 0. The van der Waals surface area contributed by atoms with E-state index in [1.165, 1.54) is 97.6 Å². The molecule has 43 heavy (non-hydrogen) atoms. The van der Waals surface area contributed by atoms with Crippen LogP contribution in [-0.2, 0) is 6.42 Å². The number of hydrogen-bond donors (Lipinski definition) is 2. The molecular weight excluding hydrogens is 524 g/mol. The Balaban J connectivity index is 1.50. The minimum absolute atomic E-state index is 0.115. The molecule has 4 aromatic carbocycles. The van der Waals surface area contributed by atoms with Gasteiger partial charge in [0.2, 0.25) is 0 Å². The molecule has 2 unspecified atom stereocenters. The van der Waals surface area contributed by atoms with Crippen molar-refractivity contribution in [3.05, 3.63) is 129 Å². The zero-order chi connectivity index (χ0) is 29.8. The second-order valence-electron chi connectivity index (χ2n) is 13.3. The molecule has 2 aliphatic carbocycles. The zero-order valence-electron chi connectivity index (χ0n) is 26.1. The Morgan fingerprint density at radius 1 is 0.512 bits per heavy atom. The third kappa shape index (κ3) is 6.26. The van der Waals surface area contributed by atoms with Crippen molar-refractivity contribution >= 4 is 0 Å². The van der Waals surface area contributed by atoms with Crippen LogP contribution in [0.4, 0.5) is 0 Å². The Bertz CT molecular complexity index is 1380. The van der Waals surface area contributed by atoms with Crippen LogP contribution in [0.15, 0.2) is 84.9 Å². The number of phenolic OH excluding ortho intramolecular Hbond substituents is 2. The summed E-state index contributed by atoms with van der Waals surface area (Å²) >= 11 is 0. The van der Waals surface area contributed by atoms with Crippen LogP contribution in [0.3, 0.4) is 0 Å². The summed E-state index contributed by atoms with van der Waals surface area (Å²) in [5, 5.41) is 22.9. The maximum Gasteiger partial charge on any atom is 0.119 e. The highest BCUT2D eigenvalue weighted by atomic mass is 16.3. The van der Waals surface area contributed by atoms with Crippen molar-refractivity contribution < 1.29 is 10.2 Å². The van der Waals surface area contributed by atoms with Gasteiger partial charge in [0.05, 0.1) is 0 Å². The van der Waals surface area contributed by atoms with Crippen molar-refractivity contribution in [1.29, 1.82) is 0 Å². The van der Waals surface area contributed by atoms with Gasteiger partial charge < -0.3 is 10.2 Å². The topological polar surface area (TPSA) is 40.5 Å². The maximum absolute atomic E-state index is 11.4. The molecule has 0 radical (unpaired) electrons. The smallest absolute Gasteiger partial charge is 0.119 e. The molecule has 0 aliphatic heterocycles. The van der Waals surface area contributed by atoms with E-state index in [4.69, 9.17) is 0 Å². The Labute approximate surface area is 258 Å². The van der Waals surface area contributed by atoms with Gasteiger partial charge in [-0.2, -0.15) is 0 Å². The van der Waals surface area contributed by atoms with E-state index < -0.39 is 0 Å². The van der Waals surface area contributed by atoms with Crippen LogP contribution in [0, 0.1) is 0 Å². The van der Waals surface area contributed by atoms with E-state index in [-0.39, 0.29) is 11.8 Å². The highest BCUT2D eigenvalue weighted by Gasteiger charge is 2.30. The summed E-state index contributed by atoms with van der Waals surface area (Å²) in [5.41, 5.74) is 10.2. The Kier molecular flexibility index (Phi) is 9.22. The first kappa shape index (κ1) is 29.5. The molecule has 2 nitrogen and oxygen atoms in total. The van der Waals surface area contributed by atoms with Gasteiger partial charge in [0.1, 0.15) is 11.5 Å².